The summed E-state index contributed by atoms with van der Waals surface area (Å²) >= 11 is 6.58. The molecule has 0 aromatic rings. The Labute approximate surface area is 198 Å². The first-order chi connectivity index (χ1) is 14.5. The zero-order valence-corrected chi connectivity index (χ0v) is 21.7. The Kier molecular flexibility index (Phi) is 11.8. The first-order valence-corrected chi connectivity index (χ1v) is 14.7. The largest absolute Gasteiger partial charge is 0.287 e. The smallest absolute Gasteiger partial charge is 0.205 e. The number of allylic oxidation sites excluding steroid dienone is 10. The van der Waals surface area contributed by atoms with Crippen LogP contribution in [-0.2, 0) is 9.59 Å². The van der Waals surface area contributed by atoms with Crippen molar-refractivity contribution >= 4 is 58.6 Å². The van der Waals surface area contributed by atoms with Gasteiger partial charge in [-0.15, -0.1) is 47.0 Å². The Bertz CT molecular complexity index is 674. The maximum atomic E-state index is 12.9. The molecule has 2 aliphatic carbocycles. The zero-order chi connectivity index (χ0) is 21.9. The highest BCUT2D eigenvalue weighted by Gasteiger charge is 2.25. The zero-order valence-electron chi connectivity index (χ0n) is 18.4. The molecule has 2 aliphatic rings. The number of hydrogen-bond acceptors (Lipinski definition) is 6. The Morgan fingerprint density at radius 2 is 0.733 bits per heavy atom. The topological polar surface area (TPSA) is 34.1 Å². The van der Waals surface area contributed by atoms with E-state index in [0.717, 1.165) is 79.5 Å². The molecular formula is C24H32O2S4. The number of rotatable bonds is 12. The Morgan fingerprint density at radius 1 is 0.500 bits per heavy atom. The monoisotopic (exact) mass is 480 g/mol. The van der Waals surface area contributed by atoms with Gasteiger partial charge in [-0.25, -0.2) is 0 Å². The maximum absolute atomic E-state index is 12.9. The van der Waals surface area contributed by atoms with E-state index in [4.69, 9.17) is 0 Å². The maximum Gasteiger partial charge on any atom is 0.205 e. The number of Topliss-reactive ketones (excluding diaryl/α,β-unsaturated/α-hetero) is 2. The standard InChI is InChI=1S/C24H32O2S4/c1-5-9-27-19-13-17(14-20(23(19)25)28-10-6-2)18-15-21(29-11-7-3)24(26)22(16-18)30-12-8-4/h13-16H,5-12H2,1-4H3. The van der Waals surface area contributed by atoms with Crippen molar-refractivity contribution in [2.75, 3.05) is 23.0 Å². The van der Waals surface area contributed by atoms with Crippen LogP contribution < -0.4 is 0 Å². The molecular weight excluding hydrogens is 449 g/mol. The molecule has 30 heavy (non-hydrogen) atoms. The van der Waals surface area contributed by atoms with E-state index in [1.54, 1.807) is 47.0 Å². The van der Waals surface area contributed by atoms with Crippen molar-refractivity contribution in [3.63, 3.8) is 0 Å². The third kappa shape index (κ3) is 7.25. The van der Waals surface area contributed by atoms with E-state index in [2.05, 4.69) is 27.7 Å². The van der Waals surface area contributed by atoms with Gasteiger partial charge >= 0.3 is 0 Å². The summed E-state index contributed by atoms with van der Waals surface area (Å²) in [5.74, 6) is 4.04. The third-order valence-corrected chi connectivity index (χ3v) is 9.13. The number of thioether (sulfide) groups is 4. The lowest BCUT2D eigenvalue weighted by atomic mass is 9.98. The Morgan fingerprint density at radius 3 is 0.933 bits per heavy atom. The van der Waals surface area contributed by atoms with Crippen molar-refractivity contribution in [2.45, 2.75) is 53.4 Å². The second kappa shape index (κ2) is 13.8. The van der Waals surface area contributed by atoms with Gasteiger partial charge in [-0.3, -0.25) is 9.59 Å². The van der Waals surface area contributed by atoms with Gasteiger partial charge in [0.05, 0.1) is 19.6 Å². The van der Waals surface area contributed by atoms with Gasteiger partial charge in [0.2, 0.25) is 11.6 Å². The number of carbonyl (C=O) groups is 2. The van der Waals surface area contributed by atoms with Crippen LogP contribution in [0.1, 0.15) is 53.4 Å². The minimum absolute atomic E-state index is 0.150. The van der Waals surface area contributed by atoms with Crippen LogP contribution in [-0.4, -0.2) is 34.6 Å². The van der Waals surface area contributed by atoms with Crippen LogP contribution >= 0.6 is 47.0 Å². The summed E-state index contributed by atoms with van der Waals surface area (Å²) in [6.07, 6.45) is 12.3. The van der Waals surface area contributed by atoms with E-state index in [1.807, 2.05) is 24.3 Å². The molecule has 0 aromatic carbocycles. The van der Waals surface area contributed by atoms with Gasteiger partial charge in [0.15, 0.2) is 0 Å². The van der Waals surface area contributed by atoms with Crippen molar-refractivity contribution in [2.24, 2.45) is 0 Å². The molecule has 0 aliphatic heterocycles. The summed E-state index contributed by atoms with van der Waals surface area (Å²) in [5.41, 5.74) is 2.09. The highest BCUT2D eigenvalue weighted by Crippen LogP contribution is 2.38. The van der Waals surface area contributed by atoms with Crippen LogP contribution in [0.3, 0.4) is 0 Å². The molecule has 0 aromatic heterocycles. The van der Waals surface area contributed by atoms with E-state index in [-0.39, 0.29) is 11.6 Å². The number of hydrogen-bond donors (Lipinski definition) is 0. The minimum atomic E-state index is 0.150. The molecule has 0 heterocycles. The SMILES string of the molecule is CCCSC1=CC(=C2C=C(SCCC)C(=O)C(SCCC)=C2)C=C(SCCC)C1=O. The lowest BCUT2D eigenvalue weighted by Gasteiger charge is -2.19. The summed E-state index contributed by atoms with van der Waals surface area (Å²) in [6.45, 7) is 8.54. The lowest BCUT2D eigenvalue weighted by molar-refractivity contribution is -0.111. The molecule has 0 bridgehead atoms. The molecule has 0 atom stereocenters. The quantitative estimate of drug-likeness (QED) is 0.287. The molecule has 0 N–H and O–H groups in total. The first kappa shape index (κ1) is 25.7. The molecule has 0 saturated heterocycles. The summed E-state index contributed by atoms with van der Waals surface area (Å²) in [6, 6.07) is 0. The van der Waals surface area contributed by atoms with Crippen LogP contribution in [0.4, 0.5) is 0 Å². The second-order valence-electron chi connectivity index (χ2n) is 7.00. The molecule has 164 valence electrons. The fraction of sp³-hybridized carbons (Fsp3) is 0.500. The average molecular weight is 481 g/mol. The van der Waals surface area contributed by atoms with Crippen LogP contribution in [0, 0.1) is 0 Å². The predicted molar refractivity (Wildman–Crippen MR) is 140 cm³/mol. The van der Waals surface area contributed by atoms with Crippen molar-refractivity contribution in [3.05, 3.63) is 55.1 Å². The molecule has 0 saturated carbocycles. The Hall–Kier alpha value is -0.560. The van der Waals surface area contributed by atoms with E-state index < -0.39 is 0 Å². The van der Waals surface area contributed by atoms with Gasteiger partial charge in [0.25, 0.3) is 0 Å². The van der Waals surface area contributed by atoms with Crippen molar-refractivity contribution in [1.82, 2.24) is 0 Å². The van der Waals surface area contributed by atoms with Gasteiger partial charge in [0.1, 0.15) is 0 Å². The molecule has 0 fully saturated rings. The molecule has 0 radical (unpaired) electrons. The summed E-state index contributed by atoms with van der Waals surface area (Å²) in [5, 5.41) is 0. The number of ketones is 2. The highest BCUT2D eigenvalue weighted by atomic mass is 32.2. The third-order valence-electron chi connectivity index (χ3n) is 4.22. The first-order valence-electron chi connectivity index (χ1n) is 10.8. The average Bonchev–Trinajstić information content (AvgIpc) is 2.76. The van der Waals surface area contributed by atoms with Crippen molar-refractivity contribution in [1.29, 1.82) is 0 Å². The van der Waals surface area contributed by atoms with Gasteiger partial charge in [-0.05, 0) is 84.1 Å². The summed E-state index contributed by atoms with van der Waals surface area (Å²) < 4.78 is 0. The van der Waals surface area contributed by atoms with E-state index in [9.17, 15) is 9.59 Å². The lowest BCUT2D eigenvalue weighted by Crippen LogP contribution is -2.11. The van der Waals surface area contributed by atoms with Crippen molar-refractivity contribution < 1.29 is 9.59 Å². The van der Waals surface area contributed by atoms with E-state index >= 15 is 0 Å². The molecule has 0 unspecified atom stereocenters. The molecule has 0 spiro atoms. The van der Waals surface area contributed by atoms with Crippen molar-refractivity contribution in [3.8, 4) is 0 Å². The normalized spacial score (nSPS) is 17.1. The molecule has 2 rings (SSSR count). The van der Waals surface area contributed by atoms with Gasteiger partial charge in [-0.2, -0.15) is 0 Å². The highest BCUT2D eigenvalue weighted by molar-refractivity contribution is 8.06. The van der Waals surface area contributed by atoms with Gasteiger partial charge in [-0.1, -0.05) is 27.7 Å². The summed E-state index contributed by atoms with van der Waals surface area (Å²) in [4.78, 5) is 29.2. The second-order valence-corrected chi connectivity index (χ2v) is 11.5. The fourth-order valence-corrected chi connectivity index (χ4v) is 6.39. The summed E-state index contributed by atoms with van der Waals surface area (Å²) in [7, 11) is 0. The minimum Gasteiger partial charge on any atom is -0.287 e. The van der Waals surface area contributed by atoms with Gasteiger partial charge < -0.3 is 0 Å². The van der Waals surface area contributed by atoms with E-state index in [0.29, 0.717) is 0 Å². The fourth-order valence-electron chi connectivity index (χ4n) is 2.76. The van der Waals surface area contributed by atoms with Crippen LogP contribution in [0.25, 0.3) is 0 Å². The van der Waals surface area contributed by atoms with Crippen LogP contribution in [0.5, 0.6) is 0 Å². The van der Waals surface area contributed by atoms with Crippen LogP contribution in [0.15, 0.2) is 55.1 Å². The molecule has 0 amide bonds. The number of carbonyl (C=O) groups excluding carboxylic acids is 2. The van der Waals surface area contributed by atoms with Crippen LogP contribution in [0.2, 0.25) is 0 Å². The molecule has 6 heteroatoms. The molecule has 2 nitrogen and oxygen atoms in total. The predicted octanol–water partition coefficient (Wildman–Crippen LogP) is 7.56. The Balaban J connectivity index is 2.52. The van der Waals surface area contributed by atoms with Gasteiger partial charge in [0, 0.05) is 0 Å². The van der Waals surface area contributed by atoms with E-state index in [1.165, 1.54) is 0 Å².